The standard InChI is InChI=1S/C15H30N2O2.C14H24O4.C14H28O3.C14H28O.C12H25N.C12H26O.CH4/c1-14(2,3)13(19)11(17-15(4,5)6)9-7-8-10-12(16)18;1-10(2)13(16)6-5-12(15)9-18-8-7-14(17)11(3)4;1-12(2)7-5-9-16-10-6-8-14(15)11-17-13(3)4;1-13(2,3)11-9-7-8-10-12(15)14(4,5)6;1-8(2)11(7)12(9(3)4)13-10(5)6;1-11(2)7-5-9-13-10-6-8-12(3)4;/h11,17H,7-10H2,1-6H3,(H2,16,18);10-11H,5-9H2,1-4H3;12-13H,5-11H2,1-4H3;7-11H2,1-6H3;8-10,12-13H,7H2,1-6H3;11-12H,5-10H2,1-4H3;1H4/t11-;;;;12-;;/m0...0../s1. The van der Waals surface area contributed by atoms with Gasteiger partial charge in [0, 0.05) is 105 Å². The number of ether oxygens (including phenoxy) is 4. The van der Waals surface area contributed by atoms with Gasteiger partial charge in [0.1, 0.15) is 30.6 Å². The third-order valence-corrected chi connectivity index (χ3v) is 15.0. The number of Topliss-reactive ketones (excluding diaryl/α,β-unsaturated/α-hetero) is 6. The van der Waals surface area contributed by atoms with Crippen molar-refractivity contribution in [1.82, 2.24) is 10.6 Å². The van der Waals surface area contributed by atoms with Gasteiger partial charge in [0.2, 0.25) is 5.91 Å². The van der Waals surface area contributed by atoms with Crippen LogP contribution in [0.1, 0.15) is 344 Å². The lowest BCUT2D eigenvalue weighted by molar-refractivity contribution is -0.129. The van der Waals surface area contributed by atoms with Gasteiger partial charge in [-0.25, -0.2) is 0 Å². The van der Waals surface area contributed by atoms with Gasteiger partial charge in [-0.15, -0.1) is 0 Å². The predicted molar refractivity (Wildman–Crippen MR) is 412 cm³/mol. The number of rotatable bonds is 46. The zero-order valence-corrected chi connectivity index (χ0v) is 68.2. The maximum Gasteiger partial charge on any atom is 0.217 e. The monoisotopic (exact) mass is 1370 g/mol. The largest absolute Gasteiger partial charge is 0.381 e. The molecule has 0 aromatic heterocycles. The van der Waals surface area contributed by atoms with Crippen molar-refractivity contribution in [3.63, 3.8) is 0 Å². The second-order valence-corrected chi connectivity index (χ2v) is 33.8. The number of hydrogen-bond donors (Lipinski definition) is 3. The quantitative estimate of drug-likeness (QED) is 0.0384. The molecule has 1 amide bonds. The van der Waals surface area contributed by atoms with E-state index < -0.39 is 0 Å². The molecule has 14 nitrogen and oxygen atoms in total. The van der Waals surface area contributed by atoms with Crippen LogP contribution in [0.15, 0.2) is 12.2 Å². The third kappa shape index (κ3) is 81.7. The summed E-state index contributed by atoms with van der Waals surface area (Å²) >= 11 is 0. The van der Waals surface area contributed by atoms with E-state index in [1.54, 1.807) is 0 Å². The molecule has 0 aromatic carbocycles. The van der Waals surface area contributed by atoms with Crippen LogP contribution in [0, 0.1) is 57.7 Å². The highest BCUT2D eigenvalue weighted by Gasteiger charge is 2.31. The van der Waals surface area contributed by atoms with Crippen molar-refractivity contribution in [2.45, 2.75) is 373 Å². The minimum Gasteiger partial charge on any atom is -0.381 e. The average molecular weight is 1370 g/mol. The van der Waals surface area contributed by atoms with Gasteiger partial charge >= 0.3 is 0 Å². The summed E-state index contributed by atoms with van der Waals surface area (Å²) in [5, 5.41) is 6.95. The molecule has 2 atom stereocenters. The van der Waals surface area contributed by atoms with E-state index in [0.29, 0.717) is 61.0 Å². The minimum absolute atomic E-state index is 0. The first-order chi connectivity index (χ1) is 43.4. The van der Waals surface area contributed by atoms with E-state index >= 15 is 0 Å². The van der Waals surface area contributed by atoms with Gasteiger partial charge in [-0.05, 0) is 140 Å². The zero-order valence-electron chi connectivity index (χ0n) is 68.2. The normalized spacial score (nSPS) is 12.4. The lowest BCUT2D eigenvalue weighted by Crippen LogP contribution is -2.50. The number of primary amides is 1. The molecule has 96 heavy (non-hydrogen) atoms. The van der Waals surface area contributed by atoms with Crippen molar-refractivity contribution >= 4 is 40.6 Å². The summed E-state index contributed by atoms with van der Waals surface area (Å²) in [4.78, 5) is 80.0. The fourth-order valence-corrected chi connectivity index (χ4v) is 8.86. The predicted octanol–water partition coefficient (Wildman–Crippen LogP) is 20.1. The van der Waals surface area contributed by atoms with Crippen molar-refractivity contribution < 1.29 is 52.5 Å². The molecule has 0 fully saturated rings. The summed E-state index contributed by atoms with van der Waals surface area (Å²) in [7, 11) is 0. The molecule has 0 radical (unpaired) electrons. The van der Waals surface area contributed by atoms with E-state index in [1.807, 2.05) is 83.1 Å². The second kappa shape index (κ2) is 61.8. The first-order valence-electron chi connectivity index (χ1n) is 37.4. The van der Waals surface area contributed by atoms with Crippen LogP contribution in [-0.4, -0.2) is 117 Å². The highest BCUT2D eigenvalue weighted by Crippen LogP contribution is 2.25. The van der Waals surface area contributed by atoms with Crippen molar-refractivity contribution in [3.8, 4) is 0 Å². The van der Waals surface area contributed by atoms with Crippen LogP contribution in [0.2, 0.25) is 0 Å². The number of carbonyl (C=O) groups excluding carboxylic acids is 7. The third-order valence-electron chi connectivity index (χ3n) is 15.0. The number of amides is 1. The van der Waals surface area contributed by atoms with E-state index in [4.69, 9.17) is 24.7 Å². The summed E-state index contributed by atoms with van der Waals surface area (Å²) in [5.74, 6) is 4.22. The van der Waals surface area contributed by atoms with Crippen LogP contribution in [0.5, 0.6) is 0 Å². The van der Waals surface area contributed by atoms with E-state index in [9.17, 15) is 33.6 Å². The molecule has 0 heterocycles. The molecule has 0 saturated heterocycles. The molecule has 0 spiro atoms. The molecule has 0 aliphatic carbocycles. The smallest absolute Gasteiger partial charge is 0.217 e. The highest BCUT2D eigenvalue weighted by atomic mass is 16.5. The topological polar surface area (TPSA) is 206 Å². The summed E-state index contributed by atoms with van der Waals surface area (Å²) in [6.45, 7) is 70.8. The van der Waals surface area contributed by atoms with Gasteiger partial charge in [0.25, 0.3) is 0 Å². The van der Waals surface area contributed by atoms with Gasteiger partial charge in [-0.2, -0.15) is 0 Å². The highest BCUT2D eigenvalue weighted by molar-refractivity contribution is 5.89. The number of nitrogens with two attached hydrogens (primary N) is 1. The number of unbranched alkanes of at least 4 members (excludes halogenated alkanes) is 3. The lowest BCUT2D eigenvalue weighted by atomic mass is 9.83. The van der Waals surface area contributed by atoms with Crippen LogP contribution >= 0.6 is 0 Å². The number of hydrogen-bond acceptors (Lipinski definition) is 13. The van der Waals surface area contributed by atoms with Crippen LogP contribution in [0.3, 0.4) is 0 Å². The molecule has 0 aromatic rings. The van der Waals surface area contributed by atoms with Gasteiger partial charge in [-0.1, -0.05) is 212 Å². The molecular formula is C82H165N3O11. The molecule has 0 bridgehead atoms. The Morgan fingerprint density at radius 2 is 0.875 bits per heavy atom. The van der Waals surface area contributed by atoms with E-state index in [1.165, 1.54) is 56.9 Å². The Morgan fingerprint density at radius 1 is 0.438 bits per heavy atom. The lowest BCUT2D eigenvalue weighted by Gasteiger charge is -2.31. The summed E-state index contributed by atoms with van der Waals surface area (Å²) in [6, 6.07) is 0.829. The Balaban J connectivity index is -0.000000199. The van der Waals surface area contributed by atoms with Crippen LogP contribution in [0.25, 0.3) is 0 Å². The maximum absolute atomic E-state index is 12.4. The van der Waals surface area contributed by atoms with Gasteiger partial charge in [0.05, 0.1) is 18.8 Å². The molecule has 0 saturated carbocycles. The van der Waals surface area contributed by atoms with Crippen molar-refractivity contribution in [2.24, 2.45) is 63.4 Å². The number of carbonyl (C=O) groups is 7. The van der Waals surface area contributed by atoms with Crippen LogP contribution in [-0.2, 0) is 52.5 Å². The SMILES string of the molecule is C.C=C(C(C)C)[C@@H](NC(C)C)C(C)C.CC(C)(C)CCCCCC(=O)C(C)(C)C.CC(C)(C)N[C@@H](CCCCC(N)=O)C(=O)C(C)(C)C.CC(C)C(=O)CCOCC(=O)CCC(=O)C(C)C.CC(C)CCCOCCCC(=O)COC(C)C.CC(C)CCCOCCCC(C)C. The zero-order chi connectivity index (χ0) is 75.3. The Labute approximate surface area is 596 Å². The minimum atomic E-state index is -0.355. The second-order valence-electron chi connectivity index (χ2n) is 33.8. The van der Waals surface area contributed by atoms with Crippen LogP contribution < -0.4 is 16.4 Å². The van der Waals surface area contributed by atoms with E-state index in [2.05, 4.69) is 142 Å². The molecule has 0 unspecified atom stereocenters. The fourth-order valence-electron chi connectivity index (χ4n) is 8.86. The van der Waals surface area contributed by atoms with Gasteiger partial charge in [0.15, 0.2) is 17.3 Å². The summed E-state index contributed by atoms with van der Waals surface area (Å²) in [6.07, 6.45) is 18.0. The van der Waals surface area contributed by atoms with E-state index in [0.717, 1.165) is 82.5 Å². The number of nitrogens with one attached hydrogen (secondary N) is 2. The molecular weight excluding hydrogens is 1200 g/mol. The first-order valence-corrected chi connectivity index (χ1v) is 37.4. The van der Waals surface area contributed by atoms with Crippen LogP contribution in [0.4, 0.5) is 0 Å². The molecule has 574 valence electrons. The molecule has 4 N–H and O–H groups in total. The van der Waals surface area contributed by atoms with Gasteiger partial charge < -0.3 is 35.3 Å². The Morgan fingerprint density at radius 3 is 1.24 bits per heavy atom. The summed E-state index contributed by atoms with van der Waals surface area (Å²) in [5.41, 5.74) is 6.27. The maximum atomic E-state index is 12.4. The molecule has 0 rings (SSSR count). The number of ketones is 6. The average Bonchev–Trinajstić information content (AvgIpc) is 0.981. The Hall–Kier alpha value is -3.01. The van der Waals surface area contributed by atoms with E-state index in [-0.39, 0.29) is 115 Å². The fraction of sp³-hybridized carbons (Fsp3) is 0.890. The first kappa shape index (κ1) is 106. The Bertz CT molecular complexity index is 1930. The van der Waals surface area contributed by atoms with Crippen molar-refractivity contribution in [3.05, 3.63) is 12.2 Å². The van der Waals surface area contributed by atoms with Gasteiger partial charge in [-0.3, -0.25) is 33.6 Å². The molecule has 0 aliphatic heterocycles. The molecule has 0 aliphatic rings. The summed E-state index contributed by atoms with van der Waals surface area (Å²) < 4.78 is 21.4. The Kier molecular flexibility index (Phi) is 68.5. The molecule has 14 heteroatoms. The van der Waals surface area contributed by atoms with Crippen molar-refractivity contribution in [1.29, 1.82) is 0 Å². The van der Waals surface area contributed by atoms with Crippen molar-refractivity contribution in [2.75, 3.05) is 46.2 Å².